The Morgan fingerprint density at radius 1 is 0.556 bits per heavy atom. The van der Waals surface area contributed by atoms with E-state index in [0.29, 0.717) is 0 Å². The Morgan fingerprint density at radius 3 is 0.833 bits per heavy atom. The summed E-state index contributed by atoms with van der Waals surface area (Å²) < 4.78 is 0. The third-order valence-corrected chi connectivity index (χ3v) is 15.3. The normalized spacial score (nSPS) is 22.7. The summed E-state index contributed by atoms with van der Waals surface area (Å²) in [6.07, 6.45) is 3.43. The third kappa shape index (κ3) is 2.61. The first-order valence-corrected chi connectivity index (χ1v) is 14.5. The van der Waals surface area contributed by atoms with Gasteiger partial charge in [0.2, 0.25) is 0 Å². The lowest BCUT2D eigenvalue weighted by Gasteiger charge is -2.39. The predicted molar refractivity (Wildman–Crippen MR) is 90.1 cm³/mol. The van der Waals surface area contributed by atoms with Crippen LogP contribution in [0.3, 0.4) is 0 Å². The van der Waals surface area contributed by atoms with Crippen LogP contribution in [0.5, 0.6) is 0 Å². The van der Waals surface area contributed by atoms with Crippen molar-refractivity contribution in [2.24, 2.45) is 0 Å². The van der Waals surface area contributed by atoms with Crippen molar-refractivity contribution in [2.75, 3.05) is 0 Å². The smallest absolute Gasteiger partial charge is 0.134 e. The zero-order chi connectivity index (χ0) is 14.1. The maximum absolute atomic E-state index is 6.77. The molecule has 104 valence electrons. The quantitative estimate of drug-likeness (QED) is 0.411. The molecule has 1 rings (SSSR count). The summed E-state index contributed by atoms with van der Waals surface area (Å²) in [6, 6.07) is 0. The van der Waals surface area contributed by atoms with Gasteiger partial charge in [0.05, 0.1) is 0 Å². The van der Waals surface area contributed by atoms with Crippen LogP contribution >= 0.6 is 44.3 Å². The minimum atomic E-state index is -2.54. The van der Waals surface area contributed by atoms with Crippen molar-refractivity contribution in [3.8, 4) is 0 Å². The van der Waals surface area contributed by atoms with Crippen LogP contribution in [0.25, 0.3) is 0 Å². The standard InChI is InChI=1S/C12H20Cl4Si2/c1-5-9-10(6-2)18(15,16)12(8-4)11(7-3)17(9,13)14/h5-8H2,1-4H3. The zero-order valence-corrected chi connectivity index (χ0v) is 16.4. The van der Waals surface area contributed by atoms with E-state index in [9.17, 15) is 0 Å². The first kappa shape index (κ1) is 17.1. The molecule has 0 spiro atoms. The van der Waals surface area contributed by atoms with E-state index >= 15 is 0 Å². The van der Waals surface area contributed by atoms with Crippen molar-refractivity contribution in [1.82, 2.24) is 0 Å². The maximum Gasteiger partial charge on any atom is 0.302 e. The van der Waals surface area contributed by atoms with Gasteiger partial charge in [-0.2, -0.15) is 0 Å². The lowest BCUT2D eigenvalue weighted by Crippen LogP contribution is -2.43. The van der Waals surface area contributed by atoms with Crippen LogP contribution in [-0.2, 0) is 0 Å². The summed E-state index contributed by atoms with van der Waals surface area (Å²) in [6.45, 7) is 3.32. The molecule has 6 heteroatoms. The highest BCUT2D eigenvalue weighted by Crippen LogP contribution is 2.51. The number of allylic oxidation sites excluding steroid dienone is 4. The second-order valence-electron chi connectivity index (χ2n) is 4.48. The minimum Gasteiger partial charge on any atom is -0.134 e. The average Bonchev–Trinajstić information content (AvgIpc) is 2.29. The highest BCUT2D eigenvalue weighted by atomic mass is 35.7. The molecule has 0 bridgehead atoms. The first-order valence-electron chi connectivity index (χ1n) is 6.50. The summed E-state index contributed by atoms with van der Waals surface area (Å²) in [4.78, 5) is 0. The topological polar surface area (TPSA) is 0 Å². The predicted octanol–water partition coefficient (Wildman–Crippen LogP) is 6.23. The van der Waals surface area contributed by atoms with Gasteiger partial charge in [0.1, 0.15) is 0 Å². The molecule has 0 unspecified atom stereocenters. The Bertz CT molecular complexity index is 327. The van der Waals surface area contributed by atoms with Crippen LogP contribution in [0.15, 0.2) is 20.8 Å². The maximum atomic E-state index is 6.77. The molecule has 0 aromatic rings. The van der Waals surface area contributed by atoms with Crippen LogP contribution in [0, 0.1) is 0 Å². The van der Waals surface area contributed by atoms with E-state index in [1.165, 1.54) is 20.8 Å². The Hall–Kier alpha value is 1.07. The second kappa shape index (κ2) is 6.23. The fourth-order valence-electron chi connectivity index (χ4n) is 2.86. The molecule has 0 aromatic carbocycles. The van der Waals surface area contributed by atoms with E-state index in [4.69, 9.17) is 44.3 Å². The van der Waals surface area contributed by atoms with E-state index in [2.05, 4.69) is 27.7 Å². The Morgan fingerprint density at radius 2 is 0.722 bits per heavy atom. The van der Waals surface area contributed by atoms with Crippen molar-refractivity contribution in [3.63, 3.8) is 0 Å². The van der Waals surface area contributed by atoms with E-state index in [1.54, 1.807) is 0 Å². The fraction of sp³-hybridized carbons (Fsp3) is 0.667. The molecule has 0 saturated carbocycles. The van der Waals surface area contributed by atoms with E-state index in [1.807, 2.05) is 0 Å². The highest BCUT2D eigenvalue weighted by Gasteiger charge is 2.51. The summed E-state index contributed by atoms with van der Waals surface area (Å²) in [5, 5.41) is 4.66. The molecule has 1 aliphatic rings. The number of halogens is 4. The number of rotatable bonds is 4. The van der Waals surface area contributed by atoms with Crippen molar-refractivity contribution < 1.29 is 0 Å². The molecular formula is C12H20Cl4Si2. The lowest BCUT2D eigenvalue weighted by atomic mass is 10.3. The molecule has 0 nitrogen and oxygen atoms in total. The molecule has 18 heavy (non-hydrogen) atoms. The first-order chi connectivity index (χ1) is 8.28. The van der Waals surface area contributed by atoms with Gasteiger partial charge in [-0.1, -0.05) is 48.5 Å². The molecule has 0 saturated heterocycles. The third-order valence-electron chi connectivity index (χ3n) is 3.66. The van der Waals surface area contributed by atoms with Gasteiger partial charge < -0.3 is 0 Å². The van der Waals surface area contributed by atoms with Gasteiger partial charge in [-0.05, 0) is 25.7 Å². The van der Waals surface area contributed by atoms with Crippen molar-refractivity contribution in [1.29, 1.82) is 0 Å². The molecule has 0 aliphatic carbocycles. The van der Waals surface area contributed by atoms with Crippen LogP contribution in [-0.4, -0.2) is 13.4 Å². The monoisotopic (exact) mass is 360 g/mol. The summed E-state index contributed by atoms with van der Waals surface area (Å²) >= 11 is 27.1. The summed E-state index contributed by atoms with van der Waals surface area (Å²) in [7, 11) is 0. The van der Waals surface area contributed by atoms with E-state index in [0.717, 1.165) is 25.7 Å². The van der Waals surface area contributed by atoms with Crippen LogP contribution in [0.2, 0.25) is 0 Å². The van der Waals surface area contributed by atoms with Crippen LogP contribution < -0.4 is 0 Å². The lowest BCUT2D eigenvalue weighted by molar-refractivity contribution is 1.05. The molecule has 0 amide bonds. The highest BCUT2D eigenvalue weighted by molar-refractivity contribution is 7.57. The van der Waals surface area contributed by atoms with Crippen molar-refractivity contribution >= 4 is 57.7 Å². The zero-order valence-electron chi connectivity index (χ0n) is 11.3. The molecule has 0 N–H and O–H groups in total. The summed E-state index contributed by atoms with van der Waals surface area (Å²) in [5.74, 6) is 0. The van der Waals surface area contributed by atoms with E-state index in [-0.39, 0.29) is 0 Å². The number of hydrogen-bond acceptors (Lipinski definition) is 0. The Labute approximate surface area is 131 Å². The molecule has 0 radical (unpaired) electrons. The van der Waals surface area contributed by atoms with Gasteiger partial charge in [0, 0.05) is 0 Å². The Kier molecular flexibility index (Phi) is 5.93. The fourth-order valence-corrected chi connectivity index (χ4v) is 17.7. The molecule has 0 fully saturated rings. The molecule has 0 aromatic heterocycles. The van der Waals surface area contributed by atoms with Gasteiger partial charge in [0.25, 0.3) is 0 Å². The van der Waals surface area contributed by atoms with Gasteiger partial charge in [-0.3, -0.25) is 0 Å². The molecule has 1 aliphatic heterocycles. The summed E-state index contributed by atoms with van der Waals surface area (Å²) in [5.41, 5.74) is 0. The Balaban J connectivity index is 3.59. The second-order valence-corrected chi connectivity index (χ2v) is 17.2. The van der Waals surface area contributed by atoms with Crippen LogP contribution in [0.1, 0.15) is 53.4 Å². The van der Waals surface area contributed by atoms with Gasteiger partial charge in [0.15, 0.2) is 0 Å². The molecular weight excluding hydrogens is 342 g/mol. The SMILES string of the molecule is CCC1=C(CC)[Si](Cl)(Cl)C(CC)=C(CC)[Si]1(Cl)Cl. The van der Waals surface area contributed by atoms with Crippen molar-refractivity contribution in [2.45, 2.75) is 53.4 Å². The van der Waals surface area contributed by atoms with Gasteiger partial charge >= 0.3 is 13.4 Å². The molecule has 1 heterocycles. The number of hydrogen-bond donors (Lipinski definition) is 0. The largest absolute Gasteiger partial charge is 0.302 e. The average molecular weight is 362 g/mol. The minimum absolute atomic E-state index is 0.858. The van der Waals surface area contributed by atoms with Gasteiger partial charge in [-0.15, -0.1) is 44.3 Å². The van der Waals surface area contributed by atoms with E-state index < -0.39 is 13.4 Å². The van der Waals surface area contributed by atoms with Crippen LogP contribution in [0.4, 0.5) is 0 Å². The van der Waals surface area contributed by atoms with Crippen molar-refractivity contribution in [3.05, 3.63) is 20.8 Å². The van der Waals surface area contributed by atoms with Gasteiger partial charge in [-0.25, -0.2) is 0 Å². The molecule has 0 atom stereocenters.